The molecule has 2 atom stereocenters. The van der Waals surface area contributed by atoms with Crippen molar-refractivity contribution in [2.24, 2.45) is 15.9 Å². The molecule has 0 aromatic carbocycles. The van der Waals surface area contributed by atoms with E-state index in [0.29, 0.717) is 12.0 Å². The first-order chi connectivity index (χ1) is 9.70. The van der Waals surface area contributed by atoms with Crippen LogP contribution in [0.1, 0.15) is 27.2 Å². The first-order valence-corrected chi connectivity index (χ1v) is 7.43. The average molecular weight is 270 g/mol. The summed E-state index contributed by atoms with van der Waals surface area (Å²) in [5.41, 5.74) is 4.90. The first-order valence-electron chi connectivity index (χ1n) is 7.43. The smallest absolute Gasteiger partial charge is 0.147 e. The van der Waals surface area contributed by atoms with Crippen LogP contribution < -0.4 is 10.6 Å². The second-order valence-corrected chi connectivity index (χ2v) is 5.58. The summed E-state index contributed by atoms with van der Waals surface area (Å²) in [6.07, 6.45) is 7.34. The van der Waals surface area contributed by atoms with Crippen molar-refractivity contribution in [3.05, 3.63) is 34.8 Å². The molecule has 0 saturated heterocycles. The number of aliphatic imine (C=N–C) groups is 2. The van der Waals surface area contributed by atoms with Crippen LogP contribution in [-0.4, -0.2) is 31.1 Å². The molecule has 0 aromatic heterocycles. The predicted molar refractivity (Wildman–Crippen MR) is 84.0 cm³/mol. The summed E-state index contributed by atoms with van der Waals surface area (Å²) in [7, 11) is 0. The summed E-state index contributed by atoms with van der Waals surface area (Å²) < 4.78 is 0. The third-order valence-electron chi connectivity index (χ3n) is 3.90. The number of nitrogens with one attached hydrogen (secondary N) is 2. The van der Waals surface area contributed by atoms with E-state index in [9.17, 15) is 0 Å². The van der Waals surface area contributed by atoms with Crippen LogP contribution in [0.5, 0.6) is 0 Å². The predicted octanol–water partition coefficient (Wildman–Crippen LogP) is 2.17. The minimum absolute atomic E-state index is 0.446. The normalized spacial score (nSPS) is 28.9. The summed E-state index contributed by atoms with van der Waals surface area (Å²) in [5.74, 6) is 1.47. The molecule has 1 unspecified atom stereocenters. The third-order valence-corrected chi connectivity index (χ3v) is 3.90. The fourth-order valence-electron chi connectivity index (χ4n) is 2.68. The van der Waals surface area contributed by atoms with Gasteiger partial charge in [-0.1, -0.05) is 6.08 Å². The van der Waals surface area contributed by atoms with Gasteiger partial charge in [0, 0.05) is 31.3 Å². The Labute approximate surface area is 120 Å². The third kappa shape index (κ3) is 2.42. The van der Waals surface area contributed by atoms with Crippen molar-refractivity contribution in [1.29, 1.82) is 0 Å². The van der Waals surface area contributed by atoms with E-state index >= 15 is 0 Å². The molecule has 0 amide bonds. The van der Waals surface area contributed by atoms with Gasteiger partial charge >= 0.3 is 0 Å². The van der Waals surface area contributed by atoms with Gasteiger partial charge in [0.15, 0.2) is 0 Å². The molecule has 3 rings (SSSR count). The van der Waals surface area contributed by atoms with Crippen molar-refractivity contribution in [2.75, 3.05) is 13.1 Å². The summed E-state index contributed by atoms with van der Waals surface area (Å²) in [6, 6.07) is 0.464. The molecule has 3 aliphatic rings. The van der Waals surface area contributed by atoms with Crippen molar-refractivity contribution in [2.45, 2.75) is 33.2 Å². The zero-order chi connectivity index (χ0) is 14.1. The SMILES string of the molecule is CCN=C/C=C(\C)C1=NC2=C(NCC[C@@H](C)N2)C2C=C12. The van der Waals surface area contributed by atoms with Crippen molar-refractivity contribution < 1.29 is 0 Å². The van der Waals surface area contributed by atoms with Gasteiger partial charge in [-0.3, -0.25) is 4.99 Å². The highest BCUT2D eigenvalue weighted by Gasteiger charge is 2.39. The van der Waals surface area contributed by atoms with E-state index in [1.165, 1.54) is 16.8 Å². The minimum Gasteiger partial charge on any atom is -0.385 e. The molecule has 0 spiro atoms. The van der Waals surface area contributed by atoms with Gasteiger partial charge in [0.1, 0.15) is 5.82 Å². The van der Waals surface area contributed by atoms with Crippen LogP contribution >= 0.6 is 0 Å². The molecule has 20 heavy (non-hydrogen) atoms. The molecule has 0 bridgehead atoms. The van der Waals surface area contributed by atoms with Crippen LogP contribution in [0.25, 0.3) is 0 Å². The van der Waals surface area contributed by atoms with Crippen LogP contribution in [0, 0.1) is 5.92 Å². The Morgan fingerprint density at radius 2 is 2.40 bits per heavy atom. The summed E-state index contributed by atoms with van der Waals surface area (Å²) >= 11 is 0. The van der Waals surface area contributed by atoms with Crippen LogP contribution in [-0.2, 0) is 0 Å². The van der Waals surface area contributed by atoms with Gasteiger partial charge in [0.2, 0.25) is 0 Å². The van der Waals surface area contributed by atoms with Gasteiger partial charge in [-0.2, -0.15) is 0 Å². The van der Waals surface area contributed by atoms with Crippen LogP contribution in [0.4, 0.5) is 0 Å². The van der Waals surface area contributed by atoms with E-state index in [0.717, 1.165) is 31.0 Å². The molecule has 0 fully saturated rings. The molecule has 2 aliphatic heterocycles. The Bertz CT molecular complexity index is 563. The summed E-state index contributed by atoms with van der Waals surface area (Å²) in [4.78, 5) is 9.08. The topological polar surface area (TPSA) is 48.8 Å². The molecular formula is C16H22N4. The number of hydrogen-bond acceptors (Lipinski definition) is 4. The van der Waals surface area contributed by atoms with Crippen molar-refractivity contribution in [3.8, 4) is 0 Å². The summed E-state index contributed by atoms with van der Waals surface area (Å²) in [6.45, 7) is 8.19. The average Bonchev–Trinajstić information content (AvgIpc) is 3.20. The highest BCUT2D eigenvalue weighted by atomic mass is 15.1. The van der Waals surface area contributed by atoms with E-state index in [-0.39, 0.29) is 0 Å². The molecule has 1 aliphatic carbocycles. The van der Waals surface area contributed by atoms with Gasteiger partial charge in [-0.05, 0) is 44.4 Å². The maximum atomic E-state index is 4.84. The maximum Gasteiger partial charge on any atom is 0.147 e. The van der Waals surface area contributed by atoms with Gasteiger partial charge in [-0.15, -0.1) is 0 Å². The molecule has 0 aromatic rings. The highest BCUT2D eigenvalue weighted by Crippen LogP contribution is 2.42. The van der Waals surface area contributed by atoms with Crippen molar-refractivity contribution in [1.82, 2.24) is 10.6 Å². The molecular weight excluding hydrogens is 248 g/mol. The standard InChI is InChI=1S/C16H22N4/c1-4-17-7-5-10(2)14-12-9-13(12)15-16(20-14)19-11(3)6-8-18-15/h5,7,9,11,13,18-19H,4,6,8H2,1-3H3/b10-5+,17-7?/t11-,13?/m1/s1. The molecule has 2 heterocycles. The number of allylic oxidation sites excluding steroid dienone is 3. The van der Waals surface area contributed by atoms with Crippen LogP contribution in [0.2, 0.25) is 0 Å². The van der Waals surface area contributed by atoms with E-state index in [4.69, 9.17) is 4.99 Å². The van der Waals surface area contributed by atoms with Crippen LogP contribution in [0.15, 0.2) is 44.8 Å². The zero-order valence-electron chi connectivity index (χ0n) is 12.4. The van der Waals surface area contributed by atoms with Gasteiger partial charge in [-0.25, -0.2) is 4.99 Å². The Kier molecular flexibility index (Phi) is 3.47. The Morgan fingerprint density at radius 1 is 1.55 bits per heavy atom. The quantitative estimate of drug-likeness (QED) is 0.772. The maximum absolute atomic E-state index is 4.84. The molecule has 4 nitrogen and oxygen atoms in total. The van der Waals surface area contributed by atoms with E-state index in [1.807, 2.05) is 13.1 Å². The van der Waals surface area contributed by atoms with Gasteiger partial charge in [0.25, 0.3) is 0 Å². The lowest BCUT2D eigenvalue weighted by molar-refractivity contribution is 0.577. The largest absolute Gasteiger partial charge is 0.385 e. The first kappa shape index (κ1) is 13.2. The van der Waals surface area contributed by atoms with Gasteiger partial charge < -0.3 is 10.6 Å². The Hall–Kier alpha value is -1.84. The number of nitrogens with zero attached hydrogens (tertiary/aromatic N) is 2. The van der Waals surface area contributed by atoms with E-state index in [2.05, 4.69) is 41.6 Å². The lowest BCUT2D eigenvalue weighted by Gasteiger charge is -2.19. The van der Waals surface area contributed by atoms with Crippen molar-refractivity contribution in [3.63, 3.8) is 0 Å². The zero-order valence-corrected chi connectivity index (χ0v) is 12.4. The molecule has 0 saturated carbocycles. The Balaban J connectivity index is 1.88. The minimum atomic E-state index is 0.446. The Morgan fingerprint density at radius 3 is 3.20 bits per heavy atom. The monoisotopic (exact) mass is 270 g/mol. The lowest BCUT2D eigenvalue weighted by atomic mass is 10.0. The molecule has 2 N–H and O–H groups in total. The molecule has 4 heteroatoms. The second-order valence-electron chi connectivity index (χ2n) is 5.58. The fraction of sp³-hybridized carbons (Fsp3) is 0.500. The van der Waals surface area contributed by atoms with Crippen molar-refractivity contribution >= 4 is 11.9 Å². The number of hydrogen-bond donors (Lipinski definition) is 2. The fourth-order valence-corrected chi connectivity index (χ4v) is 2.68. The number of fused-ring (bicyclic) bond motifs is 2. The second kappa shape index (κ2) is 5.27. The van der Waals surface area contributed by atoms with Crippen LogP contribution in [0.3, 0.4) is 0 Å². The molecule has 0 radical (unpaired) electrons. The highest BCUT2D eigenvalue weighted by molar-refractivity contribution is 6.18. The van der Waals surface area contributed by atoms with Gasteiger partial charge in [0.05, 0.1) is 11.4 Å². The number of rotatable bonds is 3. The molecule has 106 valence electrons. The lowest BCUT2D eigenvalue weighted by Crippen LogP contribution is -2.27. The van der Waals surface area contributed by atoms with E-state index in [1.54, 1.807) is 0 Å². The van der Waals surface area contributed by atoms with E-state index < -0.39 is 0 Å². The summed E-state index contributed by atoms with van der Waals surface area (Å²) in [5, 5.41) is 7.05.